The van der Waals surface area contributed by atoms with Crippen molar-refractivity contribution in [1.29, 1.82) is 0 Å². The Labute approximate surface area is 156 Å². The van der Waals surface area contributed by atoms with E-state index in [1.165, 1.54) is 6.42 Å². The van der Waals surface area contributed by atoms with Gasteiger partial charge in [-0.05, 0) is 63.4 Å². The number of nitrogens with zero attached hydrogens (tertiary/aromatic N) is 2. The topological polar surface area (TPSA) is 47.7 Å². The summed E-state index contributed by atoms with van der Waals surface area (Å²) in [5.41, 5.74) is 4.30. The maximum Gasteiger partial charge on any atom is 0.226 e. The van der Waals surface area contributed by atoms with Crippen molar-refractivity contribution in [3.63, 3.8) is 0 Å². The molecule has 2 aromatic rings. The molecule has 2 heterocycles. The van der Waals surface area contributed by atoms with Crippen molar-refractivity contribution in [2.24, 2.45) is 0 Å². The smallest absolute Gasteiger partial charge is 0.226 e. The van der Waals surface area contributed by atoms with Crippen LogP contribution in [0.2, 0.25) is 0 Å². The molecule has 1 fully saturated rings. The van der Waals surface area contributed by atoms with Gasteiger partial charge < -0.3 is 13.9 Å². The molecule has 1 aromatic carbocycles. The molecule has 1 aromatic heterocycles. The average Bonchev–Trinajstić information content (AvgIpc) is 3.27. The van der Waals surface area contributed by atoms with Crippen molar-refractivity contribution in [2.45, 2.75) is 53.2 Å². The van der Waals surface area contributed by atoms with Gasteiger partial charge in [0.15, 0.2) is 0 Å². The van der Waals surface area contributed by atoms with Crippen LogP contribution in [0.4, 0.5) is 0 Å². The highest BCUT2D eigenvalue weighted by molar-refractivity contribution is 5.63. The molecule has 26 heavy (non-hydrogen) atoms. The molecule has 1 saturated heterocycles. The van der Waals surface area contributed by atoms with Crippen LogP contribution >= 0.6 is 0 Å². The van der Waals surface area contributed by atoms with Gasteiger partial charge in [-0.3, -0.25) is 4.90 Å². The minimum Gasteiger partial charge on any atom is -0.496 e. The number of oxazole rings is 1. The van der Waals surface area contributed by atoms with Crippen LogP contribution in [0.3, 0.4) is 0 Å². The summed E-state index contributed by atoms with van der Waals surface area (Å²) >= 11 is 0. The van der Waals surface area contributed by atoms with Gasteiger partial charge in [-0.2, -0.15) is 0 Å². The van der Waals surface area contributed by atoms with Gasteiger partial charge in [-0.15, -0.1) is 0 Å². The monoisotopic (exact) mass is 358 g/mol. The first-order valence-corrected chi connectivity index (χ1v) is 9.48. The fourth-order valence-corrected chi connectivity index (χ4v) is 3.53. The normalized spacial score (nSPS) is 17.2. The molecular weight excluding hydrogens is 328 g/mol. The van der Waals surface area contributed by atoms with Crippen molar-refractivity contribution in [3.8, 4) is 17.2 Å². The van der Waals surface area contributed by atoms with Crippen LogP contribution in [0.1, 0.15) is 42.3 Å². The van der Waals surface area contributed by atoms with E-state index < -0.39 is 0 Å². The summed E-state index contributed by atoms with van der Waals surface area (Å²) in [6, 6.07) is 4.01. The lowest BCUT2D eigenvalue weighted by Gasteiger charge is -2.22. The van der Waals surface area contributed by atoms with Crippen molar-refractivity contribution in [2.75, 3.05) is 26.8 Å². The summed E-state index contributed by atoms with van der Waals surface area (Å²) in [6.45, 7) is 11.9. The van der Waals surface area contributed by atoms with Gasteiger partial charge >= 0.3 is 0 Å². The van der Waals surface area contributed by atoms with Gasteiger partial charge in [-0.1, -0.05) is 6.92 Å². The molecule has 0 spiro atoms. The minimum absolute atomic E-state index is 0.355. The Morgan fingerprint density at radius 2 is 2.04 bits per heavy atom. The summed E-state index contributed by atoms with van der Waals surface area (Å²) in [7, 11) is 1.70. The number of ether oxygens (including phenoxy) is 2. The Bertz CT molecular complexity index is 748. The number of rotatable bonds is 7. The predicted molar refractivity (Wildman–Crippen MR) is 103 cm³/mol. The largest absolute Gasteiger partial charge is 0.496 e. The van der Waals surface area contributed by atoms with Crippen molar-refractivity contribution < 1.29 is 13.9 Å². The number of hydrogen-bond acceptors (Lipinski definition) is 5. The SMILES string of the molecule is CCN(Cc1nc(-c2ccc(OC)c(C)c2C)oc1C)C[C@@H]1CCCO1. The van der Waals surface area contributed by atoms with E-state index in [0.717, 1.165) is 66.6 Å². The summed E-state index contributed by atoms with van der Waals surface area (Å²) in [5.74, 6) is 2.47. The predicted octanol–water partition coefficient (Wildman–Crippen LogP) is 4.28. The number of likely N-dealkylation sites (N-methyl/N-ethyl adjacent to an activating group) is 1. The molecule has 5 nitrogen and oxygen atoms in total. The van der Waals surface area contributed by atoms with Gasteiger partial charge in [-0.25, -0.2) is 4.98 Å². The number of aromatic nitrogens is 1. The third kappa shape index (κ3) is 3.94. The van der Waals surface area contributed by atoms with Crippen molar-refractivity contribution in [3.05, 3.63) is 34.7 Å². The third-order valence-corrected chi connectivity index (χ3v) is 5.39. The number of benzene rings is 1. The first-order chi connectivity index (χ1) is 12.5. The fourth-order valence-electron chi connectivity index (χ4n) is 3.53. The molecule has 1 atom stereocenters. The zero-order chi connectivity index (χ0) is 18.7. The Kier molecular flexibility index (Phi) is 5.99. The maximum atomic E-state index is 6.02. The molecule has 142 valence electrons. The number of hydrogen-bond donors (Lipinski definition) is 0. The van der Waals surface area contributed by atoms with Crippen LogP contribution < -0.4 is 4.74 Å². The third-order valence-electron chi connectivity index (χ3n) is 5.39. The zero-order valence-corrected chi connectivity index (χ0v) is 16.6. The number of aryl methyl sites for hydroxylation is 1. The molecule has 0 amide bonds. The van der Waals surface area contributed by atoms with Crippen molar-refractivity contribution in [1.82, 2.24) is 9.88 Å². The lowest BCUT2D eigenvalue weighted by molar-refractivity contribution is 0.0720. The highest BCUT2D eigenvalue weighted by Crippen LogP contribution is 2.31. The van der Waals surface area contributed by atoms with Gasteiger partial charge in [0.05, 0.1) is 18.9 Å². The molecule has 0 N–H and O–H groups in total. The molecule has 0 radical (unpaired) electrons. The number of methoxy groups -OCH3 is 1. The van der Waals surface area contributed by atoms with E-state index in [1.54, 1.807) is 7.11 Å². The van der Waals surface area contributed by atoms with Crippen LogP contribution in [0.25, 0.3) is 11.5 Å². The molecule has 0 unspecified atom stereocenters. The maximum absolute atomic E-state index is 6.02. The van der Waals surface area contributed by atoms with Crippen LogP contribution in [0.5, 0.6) is 5.75 Å². The van der Waals surface area contributed by atoms with E-state index >= 15 is 0 Å². The standard InChI is InChI=1S/C21H30N2O3/c1-6-23(12-17-8-7-11-25-17)13-19-16(4)26-21(22-19)18-9-10-20(24-5)15(3)14(18)2/h9-10,17H,6-8,11-13H2,1-5H3/t17-/m0/s1. The first kappa shape index (κ1) is 18.9. The van der Waals surface area contributed by atoms with Crippen molar-refractivity contribution >= 4 is 0 Å². The van der Waals surface area contributed by atoms with E-state index in [0.29, 0.717) is 12.0 Å². The molecule has 0 saturated carbocycles. The second kappa shape index (κ2) is 8.23. The molecular formula is C21H30N2O3. The molecule has 1 aliphatic heterocycles. The fraction of sp³-hybridized carbons (Fsp3) is 0.571. The van der Waals surface area contributed by atoms with Gasteiger partial charge in [0.1, 0.15) is 11.5 Å². The summed E-state index contributed by atoms with van der Waals surface area (Å²) < 4.78 is 17.2. The lowest BCUT2D eigenvalue weighted by atomic mass is 10.0. The van der Waals surface area contributed by atoms with Crippen LogP contribution in [0, 0.1) is 20.8 Å². The van der Waals surface area contributed by atoms with Gasteiger partial charge in [0.25, 0.3) is 0 Å². The van der Waals surface area contributed by atoms with E-state index in [9.17, 15) is 0 Å². The quantitative estimate of drug-likeness (QED) is 0.739. The van der Waals surface area contributed by atoms with E-state index in [2.05, 4.69) is 25.7 Å². The highest BCUT2D eigenvalue weighted by atomic mass is 16.5. The zero-order valence-electron chi connectivity index (χ0n) is 16.6. The second-order valence-electron chi connectivity index (χ2n) is 7.05. The van der Waals surface area contributed by atoms with Crippen LogP contribution in [0.15, 0.2) is 16.5 Å². The van der Waals surface area contributed by atoms with Gasteiger partial charge in [0, 0.05) is 25.3 Å². The molecule has 0 bridgehead atoms. The Hall–Kier alpha value is -1.85. The van der Waals surface area contributed by atoms with Gasteiger partial charge in [0.2, 0.25) is 5.89 Å². The summed E-state index contributed by atoms with van der Waals surface area (Å²) in [6.07, 6.45) is 2.68. The first-order valence-electron chi connectivity index (χ1n) is 9.48. The second-order valence-corrected chi connectivity index (χ2v) is 7.05. The Balaban J connectivity index is 1.79. The average molecular weight is 358 g/mol. The van der Waals surface area contributed by atoms with E-state index in [4.69, 9.17) is 18.9 Å². The van der Waals surface area contributed by atoms with E-state index in [-0.39, 0.29) is 0 Å². The Morgan fingerprint density at radius 3 is 2.69 bits per heavy atom. The lowest BCUT2D eigenvalue weighted by Crippen LogP contribution is -2.31. The molecule has 1 aliphatic rings. The van der Waals surface area contributed by atoms with E-state index in [1.807, 2.05) is 19.1 Å². The summed E-state index contributed by atoms with van der Waals surface area (Å²) in [5, 5.41) is 0. The minimum atomic E-state index is 0.355. The molecule has 5 heteroatoms. The molecule has 0 aliphatic carbocycles. The highest BCUT2D eigenvalue weighted by Gasteiger charge is 2.21. The van der Waals surface area contributed by atoms with Crippen LogP contribution in [-0.4, -0.2) is 42.8 Å². The van der Waals surface area contributed by atoms with Crippen LogP contribution in [-0.2, 0) is 11.3 Å². The Morgan fingerprint density at radius 1 is 1.23 bits per heavy atom. The summed E-state index contributed by atoms with van der Waals surface area (Å²) in [4.78, 5) is 7.20. The molecule has 3 rings (SSSR count).